The van der Waals surface area contributed by atoms with Crippen LogP contribution in [0.1, 0.15) is 22.8 Å². The third-order valence-electron chi connectivity index (χ3n) is 6.42. The molecule has 1 fully saturated rings. The molecule has 0 N–H and O–H groups in total. The van der Waals surface area contributed by atoms with E-state index in [0.29, 0.717) is 55.2 Å². The van der Waals surface area contributed by atoms with Gasteiger partial charge in [-0.2, -0.15) is 9.78 Å². The van der Waals surface area contributed by atoms with Gasteiger partial charge >= 0.3 is 0 Å². The maximum atomic E-state index is 13.6. The third-order valence-corrected chi connectivity index (χ3v) is 6.42. The summed E-state index contributed by atoms with van der Waals surface area (Å²) in [5.74, 6) is -0.262. The van der Waals surface area contributed by atoms with Gasteiger partial charge in [0.25, 0.3) is 11.5 Å². The van der Waals surface area contributed by atoms with Crippen LogP contribution in [0.3, 0.4) is 0 Å². The molecule has 3 heterocycles. The zero-order valence-electron chi connectivity index (χ0n) is 20.1. The Morgan fingerprint density at radius 2 is 1.53 bits per heavy atom. The second-order valence-corrected chi connectivity index (χ2v) is 8.68. The first-order chi connectivity index (χ1) is 17.5. The van der Waals surface area contributed by atoms with Crippen LogP contribution in [0, 0.1) is 0 Å². The molecule has 0 saturated carbocycles. The Balaban J connectivity index is 1.35. The Hall–Kier alpha value is -4.46. The number of hydrogen-bond acceptors (Lipinski definition) is 4. The number of pyridine rings is 1. The van der Waals surface area contributed by atoms with Gasteiger partial charge in [-0.3, -0.25) is 14.4 Å². The molecule has 2 aromatic rings. The molecule has 0 spiro atoms. The topological polar surface area (TPSA) is 80.4 Å². The molecule has 0 unspecified atom stereocenters. The average molecular weight is 482 g/mol. The van der Waals surface area contributed by atoms with Gasteiger partial charge in [0.1, 0.15) is 5.69 Å². The standard InChI is InChI=1S/C28H27N5O3/c1-2-30-19-23(26-24(20-30)28(36)33(29-26)22-11-7-4-8-12-22)27(35)32-17-15-31(16-18-32)25(34)14-13-21-9-5-3-6-10-21/h3-14,19-20H,2,15-18H2,1H3/b14-13+. The highest BCUT2D eigenvalue weighted by atomic mass is 16.2. The van der Waals surface area contributed by atoms with Crippen LogP contribution in [0.2, 0.25) is 0 Å². The quantitative estimate of drug-likeness (QED) is 0.410. The molecule has 0 aromatic heterocycles. The summed E-state index contributed by atoms with van der Waals surface area (Å²) in [5.41, 5.74) is 2.55. The molecule has 3 aliphatic rings. The van der Waals surface area contributed by atoms with Crippen molar-refractivity contribution in [1.82, 2.24) is 24.1 Å². The molecule has 8 nitrogen and oxygen atoms in total. The van der Waals surface area contributed by atoms with Crippen LogP contribution >= 0.6 is 0 Å². The van der Waals surface area contributed by atoms with Crippen molar-refractivity contribution in [3.8, 4) is 16.9 Å². The summed E-state index contributed by atoms with van der Waals surface area (Å²) in [6, 6.07) is 18.8. The van der Waals surface area contributed by atoms with Crippen molar-refractivity contribution in [1.29, 1.82) is 0 Å². The summed E-state index contributed by atoms with van der Waals surface area (Å²) in [6.07, 6.45) is 6.88. The first-order valence-electron chi connectivity index (χ1n) is 12.0. The Bertz CT molecular complexity index is 1430. The Morgan fingerprint density at radius 1 is 0.889 bits per heavy atom. The summed E-state index contributed by atoms with van der Waals surface area (Å²) in [5, 5.41) is 4.54. The molecular weight excluding hydrogens is 454 g/mol. The average Bonchev–Trinajstić information content (AvgIpc) is 3.28. The Kier molecular flexibility index (Phi) is 6.49. The summed E-state index contributed by atoms with van der Waals surface area (Å²) >= 11 is 0. The number of amides is 2. The smallest absolute Gasteiger partial charge is 0.282 e. The fraction of sp³-hybridized carbons (Fsp3) is 0.214. The minimum atomic E-state index is -0.256. The molecule has 2 aromatic carbocycles. The zero-order chi connectivity index (χ0) is 25.1. The van der Waals surface area contributed by atoms with Crippen molar-refractivity contribution in [3.05, 3.63) is 101 Å². The normalized spacial score (nSPS) is 14.0. The Morgan fingerprint density at radius 3 is 2.19 bits per heavy atom. The second-order valence-electron chi connectivity index (χ2n) is 8.68. The van der Waals surface area contributed by atoms with E-state index >= 15 is 0 Å². The van der Waals surface area contributed by atoms with Crippen LogP contribution in [-0.4, -0.2) is 62.1 Å². The van der Waals surface area contributed by atoms with Crippen LogP contribution in [0.25, 0.3) is 23.0 Å². The predicted octanol–water partition coefficient (Wildman–Crippen LogP) is 3.16. The highest BCUT2D eigenvalue weighted by Gasteiger charge is 2.29. The van der Waals surface area contributed by atoms with Gasteiger partial charge in [-0.15, -0.1) is 0 Å². The molecule has 0 atom stereocenters. The van der Waals surface area contributed by atoms with Gasteiger partial charge in [0.15, 0.2) is 0 Å². The lowest BCUT2D eigenvalue weighted by Gasteiger charge is -2.34. The fourth-order valence-electron chi connectivity index (χ4n) is 4.38. The summed E-state index contributed by atoms with van der Waals surface area (Å²) < 4.78 is 3.18. The van der Waals surface area contributed by atoms with Crippen molar-refractivity contribution in [2.75, 3.05) is 26.2 Å². The number of piperazine rings is 1. The number of carbonyl (C=O) groups excluding carboxylic acids is 2. The molecule has 36 heavy (non-hydrogen) atoms. The van der Waals surface area contributed by atoms with E-state index in [-0.39, 0.29) is 17.4 Å². The van der Waals surface area contributed by atoms with Crippen molar-refractivity contribution in [2.45, 2.75) is 13.5 Å². The summed E-state index contributed by atoms with van der Waals surface area (Å²) in [4.78, 5) is 42.8. The van der Waals surface area contributed by atoms with Crippen molar-refractivity contribution < 1.29 is 9.59 Å². The van der Waals surface area contributed by atoms with Gasteiger partial charge in [-0.25, -0.2) is 0 Å². The summed E-state index contributed by atoms with van der Waals surface area (Å²) in [7, 11) is 0. The van der Waals surface area contributed by atoms with Gasteiger partial charge in [-0.1, -0.05) is 48.5 Å². The molecule has 0 bridgehead atoms. The fourth-order valence-corrected chi connectivity index (χ4v) is 4.38. The molecule has 5 rings (SSSR count). The molecule has 1 saturated heterocycles. The Labute approximate surface area is 209 Å². The summed E-state index contributed by atoms with van der Waals surface area (Å²) in [6.45, 7) is 4.28. The van der Waals surface area contributed by atoms with Crippen molar-refractivity contribution in [3.63, 3.8) is 0 Å². The maximum absolute atomic E-state index is 13.6. The van der Waals surface area contributed by atoms with E-state index in [9.17, 15) is 14.4 Å². The molecule has 2 amide bonds. The molecular formula is C28H27N5O3. The lowest BCUT2D eigenvalue weighted by molar-refractivity contribution is -0.127. The lowest BCUT2D eigenvalue weighted by Crippen LogP contribution is -2.50. The number of rotatable bonds is 5. The van der Waals surface area contributed by atoms with E-state index in [1.807, 2.05) is 72.2 Å². The number of fused-ring (bicyclic) bond motifs is 1. The van der Waals surface area contributed by atoms with Crippen LogP contribution in [0.5, 0.6) is 0 Å². The highest BCUT2D eigenvalue weighted by molar-refractivity contribution is 6.00. The molecule has 0 aliphatic carbocycles. The van der Waals surface area contributed by atoms with Crippen LogP contribution in [0.4, 0.5) is 0 Å². The molecule has 0 radical (unpaired) electrons. The van der Waals surface area contributed by atoms with Gasteiger partial charge < -0.3 is 14.4 Å². The monoisotopic (exact) mass is 481 g/mol. The van der Waals surface area contributed by atoms with E-state index in [1.165, 1.54) is 4.68 Å². The number of carbonyl (C=O) groups is 2. The molecule has 3 aliphatic heterocycles. The van der Waals surface area contributed by atoms with Crippen LogP contribution in [0.15, 0.2) is 83.9 Å². The van der Waals surface area contributed by atoms with Gasteiger partial charge in [0.05, 0.1) is 16.8 Å². The van der Waals surface area contributed by atoms with Crippen LogP contribution < -0.4 is 5.56 Å². The first kappa shape index (κ1) is 23.3. The number of nitrogens with zero attached hydrogens (tertiary/aromatic N) is 5. The van der Waals surface area contributed by atoms with E-state index < -0.39 is 0 Å². The number of benzene rings is 2. The number of para-hydroxylation sites is 1. The maximum Gasteiger partial charge on any atom is 0.282 e. The van der Waals surface area contributed by atoms with Crippen molar-refractivity contribution >= 4 is 17.9 Å². The van der Waals surface area contributed by atoms with E-state index in [0.717, 1.165) is 5.56 Å². The van der Waals surface area contributed by atoms with E-state index in [1.54, 1.807) is 34.3 Å². The predicted molar refractivity (Wildman–Crippen MR) is 138 cm³/mol. The molecule has 8 heteroatoms. The zero-order valence-corrected chi connectivity index (χ0v) is 20.1. The molecule has 182 valence electrons. The lowest BCUT2D eigenvalue weighted by atomic mass is 10.1. The van der Waals surface area contributed by atoms with Gasteiger partial charge in [0.2, 0.25) is 5.91 Å². The SMILES string of the molecule is CCn1cc(C(=O)N2CCN(C(=O)/C=C/c3ccccc3)CC2)c2nn(-c3ccccc3)c(=O)c-2c1. The minimum absolute atomic E-state index is 0.0746. The third kappa shape index (κ3) is 4.57. The number of aromatic nitrogens is 3. The van der Waals surface area contributed by atoms with Gasteiger partial charge in [-0.05, 0) is 30.7 Å². The number of aryl methyl sites for hydroxylation is 1. The second kappa shape index (κ2) is 10.0. The van der Waals surface area contributed by atoms with E-state index in [4.69, 9.17) is 0 Å². The van der Waals surface area contributed by atoms with Gasteiger partial charge in [0, 0.05) is 51.2 Å². The highest BCUT2D eigenvalue weighted by Crippen LogP contribution is 2.24. The number of hydrogen-bond donors (Lipinski definition) is 0. The van der Waals surface area contributed by atoms with Crippen LogP contribution in [-0.2, 0) is 11.3 Å². The largest absolute Gasteiger partial charge is 0.353 e. The minimum Gasteiger partial charge on any atom is -0.353 e. The van der Waals surface area contributed by atoms with E-state index in [2.05, 4.69) is 5.10 Å². The van der Waals surface area contributed by atoms with Crippen molar-refractivity contribution in [2.24, 2.45) is 0 Å². The first-order valence-corrected chi connectivity index (χ1v) is 12.0.